The molecule has 1 fully saturated rings. The van der Waals surface area contributed by atoms with Crippen molar-refractivity contribution in [1.29, 1.82) is 0 Å². The highest BCUT2D eigenvalue weighted by molar-refractivity contribution is 5.98. The summed E-state index contributed by atoms with van der Waals surface area (Å²) >= 11 is 0. The van der Waals surface area contributed by atoms with Crippen LogP contribution in [0.2, 0.25) is 0 Å². The number of carbonyl (C=O) groups excluding carboxylic acids is 8. The fraction of sp³-hybridized carbons (Fsp3) is 0.676. The van der Waals surface area contributed by atoms with Crippen LogP contribution in [0.3, 0.4) is 0 Å². The third-order valence-electron chi connectivity index (χ3n) is 8.66. The molecule has 0 bridgehead atoms. The van der Waals surface area contributed by atoms with Gasteiger partial charge in [0.1, 0.15) is 36.3 Å². The zero-order valence-electron chi connectivity index (χ0n) is 32.8. The molecular formula is C34H58N12O12. The number of hydrogen-bond acceptors (Lipinski definition) is 12. The second-order valence-electron chi connectivity index (χ2n) is 14.2. The van der Waals surface area contributed by atoms with E-state index in [9.17, 15) is 53.1 Å². The van der Waals surface area contributed by atoms with E-state index in [1.807, 2.05) is 0 Å². The first-order chi connectivity index (χ1) is 27.1. The van der Waals surface area contributed by atoms with Crippen molar-refractivity contribution >= 4 is 65.2 Å². The van der Waals surface area contributed by atoms with Crippen LogP contribution in [0.4, 0.5) is 0 Å². The van der Waals surface area contributed by atoms with Crippen molar-refractivity contribution in [3.05, 3.63) is 0 Å². The van der Waals surface area contributed by atoms with Gasteiger partial charge < -0.3 is 70.4 Å². The van der Waals surface area contributed by atoms with E-state index in [0.717, 1.165) is 0 Å². The summed E-state index contributed by atoms with van der Waals surface area (Å²) in [5, 5.41) is 35.9. The predicted octanol–water partition coefficient (Wildman–Crippen LogP) is -5.14. The second kappa shape index (κ2) is 25.2. The Labute approximate surface area is 334 Å². The Balaban J connectivity index is 3.18. The normalized spacial score (nSPS) is 16.5. The van der Waals surface area contributed by atoms with Crippen molar-refractivity contribution in [1.82, 2.24) is 37.2 Å². The molecule has 24 heteroatoms. The van der Waals surface area contributed by atoms with Gasteiger partial charge in [0, 0.05) is 19.4 Å². The highest BCUT2D eigenvalue weighted by atomic mass is 16.4. The minimum absolute atomic E-state index is 0.0254. The zero-order chi connectivity index (χ0) is 44.1. The van der Waals surface area contributed by atoms with Gasteiger partial charge in [-0.05, 0) is 64.3 Å². The second-order valence-corrected chi connectivity index (χ2v) is 14.2. The molecule has 0 saturated carbocycles. The zero-order valence-corrected chi connectivity index (χ0v) is 32.8. The maximum atomic E-state index is 13.6. The van der Waals surface area contributed by atoms with E-state index in [4.69, 9.17) is 28.0 Å². The van der Waals surface area contributed by atoms with Crippen molar-refractivity contribution in [3.8, 4) is 0 Å². The number of amides is 8. The summed E-state index contributed by atoms with van der Waals surface area (Å²) in [6.07, 6.45) is -1.11. The van der Waals surface area contributed by atoms with E-state index >= 15 is 0 Å². The number of aliphatic carboxylic acids is 2. The fourth-order valence-corrected chi connectivity index (χ4v) is 5.64. The van der Waals surface area contributed by atoms with Gasteiger partial charge in [0.05, 0.1) is 12.5 Å². The topological polar surface area (TPSA) is 412 Å². The van der Waals surface area contributed by atoms with Gasteiger partial charge in [-0.15, -0.1) is 0 Å². The van der Waals surface area contributed by atoms with Gasteiger partial charge in [-0.1, -0.05) is 13.8 Å². The number of nitrogens with one attached hydrogen (secondary N) is 7. The van der Waals surface area contributed by atoms with Gasteiger partial charge in [0.25, 0.3) is 0 Å². The van der Waals surface area contributed by atoms with E-state index in [0.29, 0.717) is 19.4 Å². The third-order valence-corrected chi connectivity index (χ3v) is 8.66. The van der Waals surface area contributed by atoms with Gasteiger partial charge in [0.2, 0.25) is 47.3 Å². The summed E-state index contributed by atoms with van der Waals surface area (Å²) in [6, 6.07) is -9.26. The summed E-state index contributed by atoms with van der Waals surface area (Å²) in [5.41, 5.74) is 21.3. The quantitative estimate of drug-likeness (QED) is 0.0209. The van der Waals surface area contributed by atoms with Crippen molar-refractivity contribution < 1.29 is 58.2 Å². The van der Waals surface area contributed by atoms with Crippen molar-refractivity contribution in [2.75, 3.05) is 13.1 Å². The Morgan fingerprint density at radius 2 is 1.19 bits per heavy atom. The SMILES string of the molecule is CC(C)CC(NC(=O)C(C)NC(=O)C(CCC(N)=O)NC(=O)C(CC(N)=O)NC(=O)C1CCCN1)C(=O)NC(CCCN=C(N)N)C(=O)NC(CCC(=O)O)C(=O)O. The van der Waals surface area contributed by atoms with Crippen LogP contribution in [0.25, 0.3) is 0 Å². The van der Waals surface area contributed by atoms with Crippen LogP contribution in [0.1, 0.15) is 85.0 Å². The fourth-order valence-electron chi connectivity index (χ4n) is 5.64. The number of aliphatic imine (C=N–C) groups is 1. The standard InChI is InChI=1S/C34H58N12O12/c1-16(2)14-22(31(55)42-19(7-5-13-40-34(37)38)30(54)44-21(33(57)58)9-11-26(49)50)45-27(51)17(3)41-29(53)20(8-10-24(35)47)43-32(56)23(15-25(36)48)46-28(52)18-6-4-12-39-18/h16-23,39H,4-15H2,1-3H3,(H2,35,47)(H2,36,48)(H,41,53)(H,42,55)(H,43,56)(H,44,54)(H,45,51)(H,46,52)(H,49,50)(H,57,58)(H4,37,38,40). The van der Waals surface area contributed by atoms with Crippen LogP contribution in [0, 0.1) is 5.92 Å². The predicted molar refractivity (Wildman–Crippen MR) is 204 cm³/mol. The maximum Gasteiger partial charge on any atom is 0.326 e. The van der Waals surface area contributed by atoms with Gasteiger partial charge in [-0.25, -0.2) is 4.79 Å². The third kappa shape index (κ3) is 19.7. The molecule has 1 saturated heterocycles. The Bertz CT molecular complexity index is 1530. The maximum absolute atomic E-state index is 13.6. The lowest BCUT2D eigenvalue weighted by Gasteiger charge is -2.27. The first-order valence-corrected chi connectivity index (χ1v) is 18.7. The molecule has 0 aliphatic carbocycles. The molecule has 8 amide bonds. The molecular weight excluding hydrogens is 768 g/mol. The van der Waals surface area contributed by atoms with Crippen molar-refractivity contribution in [2.45, 2.75) is 127 Å². The van der Waals surface area contributed by atoms with E-state index in [1.54, 1.807) is 13.8 Å². The van der Waals surface area contributed by atoms with E-state index in [2.05, 4.69) is 42.2 Å². The van der Waals surface area contributed by atoms with Gasteiger partial charge in [-0.2, -0.15) is 0 Å². The largest absolute Gasteiger partial charge is 0.481 e. The lowest BCUT2D eigenvalue weighted by Crippen LogP contribution is -2.59. The summed E-state index contributed by atoms with van der Waals surface area (Å²) < 4.78 is 0. The number of carbonyl (C=O) groups is 10. The molecule has 1 rings (SSSR count). The molecule has 17 N–H and O–H groups in total. The van der Waals surface area contributed by atoms with Crippen molar-refractivity contribution in [2.24, 2.45) is 33.8 Å². The van der Waals surface area contributed by atoms with Crippen LogP contribution < -0.4 is 60.2 Å². The monoisotopic (exact) mass is 826 g/mol. The molecule has 1 aliphatic heterocycles. The molecule has 1 aliphatic rings. The van der Waals surface area contributed by atoms with E-state index < -0.39 is 121 Å². The number of guanidine groups is 1. The van der Waals surface area contributed by atoms with Crippen LogP contribution in [0.5, 0.6) is 0 Å². The highest BCUT2D eigenvalue weighted by Gasteiger charge is 2.34. The van der Waals surface area contributed by atoms with Gasteiger partial charge in [0.15, 0.2) is 5.96 Å². The molecule has 326 valence electrons. The average molecular weight is 827 g/mol. The Kier molecular flexibility index (Phi) is 21.7. The van der Waals surface area contributed by atoms with E-state index in [-0.39, 0.29) is 50.5 Å². The Morgan fingerprint density at radius 3 is 1.71 bits per heavy atom. The summed E-state index contributed by atoms with van der Waals surface area (Å²) in [4.78, 5) is 130. The number of carboxylic acid groups (broad SMARTS) is 2. The van der Waals surface area contributed by atoms with E-state index in [1.165, 1.54) is 6.92 Å². The molecule has 0 aromatic carbocycles. The van der Waals surface area contributed by atoms with Crippen LogP contribution in [-0.2, 0) is 47.9 Å². The Hall–Kier alpha value is -6.07. The molecule has 1 heterocycles. The smallest absolute Gasteiger partial charge is 0.326 e. The molecule has 0 radical (unpaired) electrons. The summed E-state index contributed by atoms with van der Waals surface area (Å²) in [5.74, 6) is -10.2. The summed E-state index contributed by atoms with van der Waals surface area (Å²) in [6.45, 7) is 5.34. The van der Waals surface area contributed by atoms with Crippen LogP contribution in [0.15, 0.2) is 4.99 Å². The molecule has 0 spiro atoms. The van der Waals surface area contributed by atoms with Crippen molar-refractivity contribution in [3.63, 3.8) is 0 Å². The Morgan fingerprint density at radius 1 is 0.655 bits per heavy atom. The number of primary amides is 2. The number of nitrogens with zero attached hydrogens (tertiary/aromatic N) is 1. The number of carboxylic acids is 2. The minimum atomic E-state index is -1.60. The number of rotatable bonds is 27. The molecule has 7 unspecified atom stereocenters. The van der Waals surface area contributed by atoms with Gasteiger partial charge in [-0.3, -0.25) is 48.1 Å². The minimum Gasteiger partial charge on any atom is -0.481 e. The number of hydrogen-bond donors (Lipinski definition) is 13. The lowest BCUT2D eigenvalue weighted by atomic mass is 10.0. The lowest BCUT2D eigenvalue weighted by molar-refractivity contribution is -0.143. The summed E-state index contributed by atoms with van der Waals surface area (Å²) in [7, 11) is 0. The molecule has 0 aromatic heterocycles. The first-order valence-electron chi connectivity index (χ1n) is 18.7. The van der Waals surface area contributed by atoms with Crippen LogP contribution in [-0.4, -0.2) is 131 Å². The molecule has 7 atom stereocenters. The van der Waals surface area contributed by atoms with Gasteiger partial charge >= 0.3 is 11.9 Å². The molecule has 0 aromatic rings. The number of nitrogens with two attached hydrogens (primary N) is 4. The van der Waals surface area contributed by atoms with Crippen LogP contribution >= 0.6 is 0 Å². The average Bonchev–Trinajstić information content (AvgIpc) is 3.67. The molecule has 24 nitrogen and oxygen atoms in total. The molecule has 58 heavy (non-hydrogen) atoms. The first kappa shape index (κ1) is 49.9. The highest BCUT2D eigenvalue weighted by Crippen LogP contribution is 2.10.